The van der Waals surface area contributed by atoms with Crippen molar-refractivity contribution in [2.45, 2.75) is 0 Å². The molecule has 2 aromatic heterocycles. The number of rotatable bonds is 1. The molecule has 0 bridgehead atoms. The van der Waals surface area contributed by atoms with Crippen molar-refractivity contribution in [3.8, 4) is 0 Å². The molecule has 3 N–H and O–H groups in total. The molecule has 2 heterocycles. The Morgan fingerprint density at radius 2 is 1.76 bits per heavy atom. The van der Waals surface area contributed by atoms with Gasteiger partial charge in [-0.05, 0) is 72.1 Å². The second-order valence-corrected chi connectivity index (χ2v) is 5.33. The maximum Gasteiger partial charge on any atom is 0.141 e. The number of nitrogens with zero attached hydrogens (tertiary/aromatic N) is 2. The van der Waals surface area contributed by atoms with Crippen LogP contribution in [0.1, 0.15) is 0 Å². The van der Waals surface area contributed by atoms with Gasteiger partial charge < -0.3 is 5.43 Å². The minimum Gasteiger partial charge on any atom is -0.308 e. The van der Waals surface area contributed by atoms with E-state index in [1.165, 1.54) is 0 Å². The molecule has 2 rings (SSSR count). The molecule has 0 radical (unpaired) electrons. The molecule has 7 heteroatoms. The lowest BCUT2D eigenvalue weighted by atomic mass is 10.5. The van der Waals surface area contributed by atoms with Crippen molar-refractivity contribution in [2.75, 3.05) is 5.43 Å². The summed E-state index contributed by atoms with van der Waals surface area (Å²) < 4.78 is 2.64. The van der Waals surface area contributed by atoms with Crippen LogP contribution in [0.15, 0.2) is 50.2 Å². The Hall–Kier alpha value is -0.500. The third-order valence-corrected chi connectivity index (χ3v) is 2.93. The summed E-state index contributed by atoms with van der Waals surface area (Å²) in [4.78, 5) is 7.92. The first kappa shape index (κ1) is 14.6. The van der Waals surface area contributed by atoms with Crippen LogP contribution in [-0.4, -0.2) is 9.97 Å². The van der Waals surface area contributed by atoms with Crippen molar-refractivity contribution in [3.63, 3.8) is 0 Å². The Morgan fingerprint density at radius 1 is 1.00 bits per heavy atom. The van der Waals surface area contributed by atoms with E-state index in [0.717, 1.165) is 13.7 Å². The molecule has 0 amide bonds. The first-order chi connectivity index (χ1) is 8.11. The highest BCUT2D eigenvalue weighted by atomic mass is 79.9. The molecular formula is C10H9Br3N4. The summed E-state index contributed by atoms with van der Waals surface area (Å²) >= 11 is 9.67. The highest BCUT2D eigenvalue weighted by molar-refractivity contribution is 9.11. The van der Waals surface area contributed by atoms with E-state index in [0.29, 0.717) is 5.82 Å². The smallest absolute Gasteiger partial charge is 0.141 e. The molecule has 2 aromatic rings. The van der Waals surface area contributed by atoms with Gasteiger partial charge in [0.05, 0.1) is 0 Å². The Morgan fingerprint density at radius 3 is 2.18 bits per heavy atom. The van der Waals surface area contributed by atoms with Crippen molar-refractivity contribution in [1.82, 2.24) is 9.97 Å². The number of hydrazine groups is 1. The van der Waals surface area contributed by atoms with Gasteiger partial charge in [-0.3, -0.25) is 0 Å². The summed E-state index contributed by atoms with van der Waals surface area (Å²) in [5.74, 6) is 5.74. The Labute approximate surface area is 124 Å². The van der Waals surface area contributed by atoms with E-state index in [-0.39, 0.29) is 0 Å². The number of halogens is 3. The number of nitrogens with two attached hydrogens (primary N) is 1. The maximum absolute atomic E-state index is 5.09. The SMILES string of the molecule is Brc1ccc(Br)nc1.NNc1cccc(Br)n1. The van der Waals surface area contributed by atoms with E-state index in [1.807, 2.05) is 24.3 Å². The van der Waals surface area contributed by atoms with Crippen molar-refractivity contribution >= 4 is 53.6 Å². The Balaban J connectivity index is 0.000000171. The summed E-state index contributed by atoms with van der Waals surface area (Å²) in [7, 11) is 0. The average Bonchev–Trinajstić information content (AvgIpc) is 2.34. The molecule has 4 nitrogen and oxygen atoms in total. The molecule has 0 fully saturated rings. The molecule has 0 unspecified atom stereocenters. The number of nitrogen functional groups attached to an aromatic ring is 1. The van der Waals surface area contributed by atoms with Crippen molar-refractivity contribution in [1.29, 1.82) is 0 Å². The van der Waals surface area contributed by atoms with Gasteiger partial charge >= 0.3 is 0 Å². The quantitative estimate of drug-likeness (QED) is 0.416. The molecule has 90 valence electrons. The average molecular weight is 425 g/mol. The zero-order chi connectivity index (χ0) is 12.7. The molecule has 0 aromatic carbocycles. The largest absolute Gasteiger partial charge is 0.308 e. The van der Waals surface area contributed by atoms with Gasteiger partial charge in [-0.25, -0.2) is 15.8 Å². The third-order valence-electron chi connectivity index (χ3n) is 1.55. The van der Waals surface area contributed by atoms with Gasteiger partial charge in [0, 0.05) is 10.7 Å². The molecule has 0 aliphatic carbocycles. The number of anilines is 1. The lowest BCUT2D eigenvalue weighted by Crippen LogP contribution is -2.07. The van der Waals surface area contributed by atoms with Crippen LogP contribution in [-0.2, 0) is 0 Å². The van der Waals surface area contributed by atoms with Crippen LogP contribution >= 0.6 is 47.8 Å². The minimum atomic E-state index is 0.657. The van der Waals surface area contributed by atoms with Crippen LogP contribution in [0.4, 0.5) is 5.82 Å². The van der Waals surface area contributed by atoms with Crippen LogP contribution < -0.4 is 11.3 Å². The minimum absolute atomic E-state index is 0.657. The molecule has 0 aliphatic rings. The summed E-state index contributed by atoms with van der Waals surface area (Å²) in [6.07, 6.45) is 1.74. The van der Waals surface area contributed by atoms with E-state index in [2.05, 4.69) is 63.2 Å². The van der Waals surface area contributed by atoms with E-state index < -0.39 is 0 Å². The van der Waals surface area contributed by atoms with E-state index in [4.69, 9.17) is 5.84 Å². The molecule has 0 spiro atoms. The van der Waals surface area contributed by atoms with Gasteiger partial charge in [0.15, 0.2) is 0 Å². The number of hydrogen-bond donors (Lipinski definition) is 2. The maximum atomic E-state index is 5.09. The van der Waals surface area contributed by atoms with Crippen LogP contribution in [0.3, 0.4) is 0 Å². The number of hydrogen-bond acceptors (Lipinski definition) is 4. The normalized spacial score (nSPS) is 9.18. The van der Waals surface area contributed by atoms with Gasteiger partial charge in [-0.2, -0.15) is 0 Å². The fraction of sp³-hybridized carbons (Fsp3) is 0. The molecule has 0 atom stereocenters. The third kappa shape index (κ3) is 6.11. The fourth-order valence-corrected chi connectivity index (χ4v) is 1.66. The summed E-state index contributed by atoms with van der Waals surface area (Å²) in [5.41, 5.74) is 2.43. The van der Waals surface area contributed by atoms with Gasteiger partial charge in [0.2, 0.25) is 0 Å². The second kappa shape index (κ2) is 7.75. The standard InChI is InChI=1S/C5H3Br2N.C5H6BrN3/c6-4-1-2-5(7)8-3-4;6-4-2-1-3-5(8-4)9-7/h1-3H;1-3H,7H2,(H,8,9). The molecule has 17 heavy (non-hydrogen) atoms. The fourth-order valence-electron chi connectivity index (χ4n) is 0.846. The molecular weight excluding hydrogens is 416 g/mol. The monoisotopic (exact) mass is 422 g/mol. The van der Waals surface area contributed by atoms with Gasteiger partial charge in [0.1, 0.15) is 15.0 Å². The summed E-state index contributed by atoms with van der Waals surface area (Å²) in [6.45, 7) is 0. The van der Waals surface area contributed by atoms with Gasteiger partial charge in [-0.1, -0.05) is 6.07 Å². The van der Waals surface area contributed by atoms with E-state index >= 15 is 0 Å². The zero-order valence-electron chi connectivity index (χ0n) is 8.57. The molecule has 0 aliphatic heterocycles. The molecule has 0 saturated heterocycles. The van der Waals surface area contributed by atoms with Crippen LogP contribution in [0.25, 0.3) is 0 Å². The van der Waals surface area contributed by atoms with Crippen LogP contribution in [0.2, 0.25) is 0 Å². The van der Waals surface area contributed by atoms with Crippen LogP contribution in [0.5, 0.6) is 0 Å². The predicted octanol–water partition coefficient (Wildman–Crippen LogP) is 3.74. The topological polar surface area (TPSA) is 63.8 Å². The van der Waals surface area contributed by atoms with E-state index in [1.54, 1.807) is 12.3 Å². The zero-order valence-corrected chi connectivity index (χ0v) is 13.3. The summed E-state index contributed by atoms with van der Waals surface area (Å²) in [5, 5.41) is 0. The first-order valence-corrected chi connectivity index (χ1v) is 6.86. The lowest BCUT2D eigenvalue weighted by molar-refractivity contribution is 1.20. The second-order valence-electron chi connectivity index (χ2n) is 2.79. The lowest BCUT2D eigenvalue weighted by Gasteiger charge is -1.95. The Kier molecular flexibility index (Phi) is 6.64. The van der Waals surface area contributed by atoms with E-state index in [9.17, 15) is 0 Å². The molecule has 0 saturated carbocycles. The predicted molar refractivity (Wildman–Crippen MR) is 79.4 cm³/mol. The first-order valence-electron chi connectivity index (χ1n) is 4.48. The number of nitrogens with one attached hydrogen (secondary N) is 1. The number of aromatic nitrogens is 2. The van der Waals surface area contributed by atoms with Gasteiger partial charge in [-0.15, -0.1) is 0 Å². The van der Waals surface area contributed by atoms with Crippen molar-refractivity contribution < 1.29 is 0 Å². The highest BCUT2D eigenvalue weighted by Gasteiger charge is 1.88. The van der Waals surface area contributed by atoms with Crippen molar-refractivity contribution in [2.24, 2.45) is 5.84 Å². The van der Waals surface area contributed by atoms with Gasteiger partial charge in [0.25, 0.3) is 0 Å². The van der Waals surface area contributed by atoms with Crippen LogP contribution in [0, 0.1) is 0 Å². The summed E-state index contributed by atoms with van der Waals surface area (Å²) in [6, 6.07) is 9.28. The Bertz CT molecular complexity index is 440. The van der Waals surface area contributed by atoms with Crippen molar-refractivity contribution in [3.05, 3.63) is 50.2 Å². The highest BCUT2D eigenvalue weighted by Crippen LogP contribution is 2.10. The number of pyridine rings is 2.